The van der Waals surface area contributed by atoms with Crippen molar-refractivity contribution in [2.45, 2.75) is 25.9 Å². The Morgan fingerprint density at radius 2 is 1.35 bits per heavy atom. The van der Waals surface area contributed by atoms with Crippen LogP contribution in [0.5, 0.6) is 0 Å². The fraction of sp³-hybridized carbons (Fsp3) is 0.333. The van der Waals surface area contributed by atoms with Crippen molar-refractivity contribution < 1.29 is 14.3 Å². The second kappa shape index (κ2) is 10.2. The molecule has 0 saturated carbocycles. The van der Waals surface area contributed by atoms with Crippen LogP contribution in [0.1, 0.15) is 24.0 Å². The molecule has 0 N–H and O–H groups in total. The van der Waals surface area contributed by atoms with Crippen molar-refractivity contribution in [3.8, 4) is 0 Å². The monoisotopic (exact) mass is 354 g/mol. The number of hydrogen-bond acceptors (Lipinski definition) is 3. The summed E-state index contributed by atoms with van der Waals surface area (Å²) in [6.07, 6.45) is 1.54. The third-order valence-electron chi connectivity index (χ3n) is 3.97. The molecule has 1 heterocycles. The lowest BCUT2D eigenvalue weighted by atomic mass is 10.2. The van der Waals surface area contributed by atoms with Crippen molar-refractivity contribution >= 4 is 12.0 Å². The normalized spacial score (nSPS) is 12.6. The summed E-state index contributed by atoms with van der Waals surface area (Å²) in [5, 5.41) is 0. The van der Waals surface area contributed by atoms with Crippen molar-refractivity contribution in [1.82, 2.24) is 9.80 Å². The Morgan fingerprint density at radius 3 is 1.65 bits per heavy atom. The van der Waals surface area contributed by atoms with Gasteiger partial charge in [0.05, 0.1) is 6.61 Å². The van der Waals surface area contributed by atoms with Gasteiger partial charge in [0.2, 0.25) is 0 Å². The van der Waals surface area contributed by atoms with Crippen LogP contribution in [-0.2, 0) is 22.6 Å². The topological polar surface area (TPSA) is 49.9 Å². The molecule has 2 amide bonds. The van der Waals surface area contributed by atoms with Gasteiger partial charge in [-0.2, -0.15) is 0 Å². The van der Waals surface area contributed by atoms with Crippen molar-refractivity contribution in [2.24, 2.45) is 0 Å². The Hall–Kier alpha value is -2.82. The molecule has 5 heteroatoms. The minimum Gasteiger partial charge on any atom is -0.466 e. The largest absolute Gasteiger partial charge is 0.466 e. The third kappa shape index (κ3) is 6.59. The van der Waals surface area contributed by atoms with Crippen molar-refractivity contribution in [3.63, 3.8) is 0 Å². The number of rotatable bonds is 4. The van der Waals surface area contributed by atoms with Crippen molar-refractivity contribution in [3.05, 3.63) is 71.8 Å². The van der Waals surface area contributed by atoms with E-state index in [9.17, 15) is 9.59 Å². The number of amides is 2. The second-order valence-electron chi connectivity index (χ2n) is 6.29. The first kappa shape index (κ1) is 19.5. The molecule has 26 heavy (non-hydrogen) atoms. The minimum atomic E-state index is -0.0463. The Morgan fingerprint density at radius 1 is 0.885 bits per heavy atom. The molecule has 0 spiro atoms. The van der Waals surface area contributed by atoms with Gasteiger partial charge in [-0.1, -0.05) is 60.7 Å². The molecule has 2 aromatic carbocycles. The summed E-state index contributed by atoms with van der Waals surface area (Å²) < 4.78 is 4.51. The first-order valence-electron chi connectivity index (χ1n) is 8.76. The van der Waals surface area contributed by atoms with Gasteiger partial charge < -0.3 is 14.5 Å². The van der Waals surface area contributed by atoms with E-state index in [-0.39, 0.29) is 12.0 Å². The Labute approximate surface area is 155 Å². The molecule has 0 unspecified atom stereocenters. The third-order valence-corrected chi connectivity index (χ3v) is 3.97. The molecule has 0 atom stereocenters. The number of cyclic esters (lactones) is 1. The lowest BCUT2D eigenvalue weighted by Crippen LogP contribution is -2.37. The number of urea groups is 1. The summed E-state index contributed by atoms with van der Waals surface area (Å²) in [7, 11) is 3.66. The summed E-state index contributed by atoms with van der Waals surface area (Å²) >= 11 is 0. The van der Waals surface area contributed by atoms with Crippen LogP contribution in [0, 0.1) is 0 Å². The summed E-state index contributed by atoms with van der Waals surface area (Å²) in [4.78, 5) is 25.8. The van der Waals surface area contributed by atoms with E-state index in [1.807, 2.05) is 74.8 Å². The molecule has 5 nitrogen and oxygen atoms in total. The lowest BCUT2D eigenvalue weighted by molar-refractivity contribution is -0.137. The first-order valence-corrected chi connectivity index (χ1v) is 8.76. The highest BCUT2D eigenvalue weighted by molar-refractivity contribution is 5.73. The van der Waals surface area contributed by atoms with Gasteiger partial charge in [-0.05, 0) is 17.5 Å². The zero-order valence-corrected chi connectivity index (χ0v) is 15.4. The predicted octanol–water partition coefficient (Wildman–Crippen LogP) is 3.69. The van der Waals surface area contributed by atoms with E-state index < -0.39 is 0 Å². The summed E-state index contributed by atoms with van der Waals surface area (Å²) in [5.74, 6) is -0.0463. The molecule has 1 aliphatic heterocycles. The zero-order chi connectivity index (χ0) is 18.8. The summed E-state index contributed by atoms with van der Waals surface area (Å²) in [6, 6.07) is 20.0. The number of esters is 1. The Bertz CT molecular complexity index is 631. The molecule has 1 saturated heterocycles. The second-order valence-corrected chi connectivity index (χ2v) is 6.29. The molecule has 138 valence electrons. The highest BCUT2D eigenvalue weighted by Gasteiger charge is 2.14. The van der Waals surface area contributed by atoms with Gasteiger partial charge >= 0.3 is 12.0 Å². The molecular weight excluding hydrogens is 328 g/mol. The van der Waals surface area contributed by atoms with Crippen LogP contribution in [0.2, 0.25) is 0 Å². The fourth-order valence-corrected chi connectivity index (χ4v) is 2.62. The van der Waals surface area contributed by atoms with Crippen LogP contribution in [0.3, 0.4) is 0 Å². The molecular formula is C21H26N2O3. The molecule has 2 aromatic rings. The highest BCUT2D eigenvalue weighted by atomic mass is 16.5. The van der Waals surface area contributed by atoms with Crippen molar-refractivity contribution in [2.75, 3.05) is 20.7 Å². The van der Waals surface area contributed by atoms with Gasteiger partial charge in [0.15, 0.2) is 0 Å². The number of hydrogen-bond donors (Lipinski definition) is 0. The number of carbonyl (C=O) groups is 2. The maximum Gasteiger partial charge on any atom is 0.320 e. The van der Waals surface area contributed by atoms with E-state index in [4.69, 9.17) is 0 Å². The molecule has 0 bridgehead atoms. The standard InChI is InChI=1S/C17H20N2O.C4H6O2/c1-18(13-15-9-5-3-6-10-15)17(20)19(2)14-16-11-7-4-8-12-16;5-4-2-1-3-6-4/h3-12H,13-14H2,1-2H3;1-3H2. The molecule has 0 radical (unpaired) electrons. The van der Waals surface area contributed by atoms with E-state index in [2.05, 4.69) is 4.74 Å². The van der Waals surface area contributed by atoms with Crippen LogP contribution in [-0.4, -0.2) is 42.5 Å². The van der Waals surface area contributed by atoms with Gasteiger partial charge in [0, 0.05) is 33.6 Å². The molecule has 0 aromatic heterocycles. The van der Waals surface area contributed by atoms with E-state index in [1.165, 1.54) is 0 Å². The number of nitrogens with zero attached hydrogens (tertiary/aromatic N) is 2. The van der Waals surface area contributed by atoms with E-state index >= 15 is 0 Å². The fourth-order valence-electron chi connectivity index (χ4n) is 2.62. The average molecular weight is 354 g/mol. The Kier molecular flexibility index (Phi) is 7.68. The zero-order valence-electron chi connectivity index (χ0n) is 15.4. The minimum absolute atomic E-state index is 0.0257. The molecule has 1 fully saturated rings. The van der Waals surface area contributed by atoms with Crippen LogP contribution >= 0.6 is 0 Å². The average Bonchev–Trinajstić information content (AvgIpc) is 3.14. The first-order chi connectivity index (χ1) is 12.6. The van der Waals surface area contributed by atoms with Crippen LogP contribution in [0.25, 0.3) is 0 Å². The van der Waals surface area contributed by atoms with E-state index in [0.29, 0.717) is 26.1 Å². The van der Waals surface area contributed by atoms with Gasteiger partial charge in [-0.15, -0.1) is 0 Å². The van der Waals surface area contributed by atoms with Gasteiger partial charge in [0.25, 0.3) is 0 Å². The predicted molar refractivity (Wildman–Crippen MR) is 101 cm³/mol. The number of benzene rings is 2. The number of ether oxygens (including phenoxy) is 1. The lowest BCUT2D eigenvalue weighted by Gasteiger charge is -2.25. The molecule has 1 aliphatic rings. The molecule has 3 rings (SSSR count). The maximum absolute atomic E-state index is 12.3. The highest BCUT2D eigenvalue weighted by Crippen LogP contribution is 2.08. The quantitative estimate of drug-likeness (QED) is 0.787. The smallest absolute Gasteiger partial charge is 0.320 e. The SMILES string of the molecule is CN(Cc1ccccc1)C(=O)N(C)Cc1ccccc1.O=C1CCCO1. The van der Waals surface area contributed by atoms with Gasteiger partial charge in [-0.25, -0.2) is 4.79 Å². The molecule has 0 aliphatic carbocycles. The van der Waals surface area contributed by atoms with E-state index in [1.54, 1.807) is 9.80 Å². The summed E-state index contributed by atoms with van der Waals surface area (Å²) in [5.41, 5.74) is 2.27. The Balaban J connectivity index is 0.000000342. The van der Waals surface area contributed by atoms with Crippen LogP contribution in [0.15, 0.2) is 60.7 Å². The van der Waals surface area contributed by atoms with Gasteiger partial charge in [0.1, 0.15) is 0 Å². The maximum atomic E-state index is 12.3. The van der Waals surface area contributed by atoms with Crippen LogP contribution in [0.4, 0.5) is 4.79 Å². The summed E-state index contributed by atoms with van der Waals surface area (Å²) in [6.45, 7) is 1.89. The van der Waals surface area contributed by atoms with E-state index in [0.717, 1.165) is 17.5 Å². The number of carbonyl (C=O) groups excluding carboxylic acids is 2. The van der Waals surface area contributed by atoms with Crippen LogP contribution < -0.4 is 0 Å². The van der Waals surface area contributed by atoms with Crippen molar-refractivity contribution in [1.29, 1.82) is 0 Å². The van der Waals surface area contributed by atoms with Gasteiger partial charge in [-0.3, -0.25) is 4.79 Å².